The maximum absolute atomic E-state index is 12.8. The number of aryl methyl sites for hydroxylation is 1. The number of amides is 1. The number of anilines is 1. The lowest BCUT2D eigenvalue weighted by Crippen LogP contribution is -2.49. The second-order valence-corrected chi connectivity index (χ2v) is 9.99. The molecule has 2 aliphatic heterocycles. The third-order valence-electron chi connectivity index (χ3n) is 6.09. The Morgan fingerprint density at radius 3 is 2.42 bits per heavy atom. The average Bonchev–Trinajstić information content (AvgIpc) is 2.88. The van der Waals surface area contributed by atoms with Gasteiger partial charge in [0.15, 0.2) is 0 Å². The molecule has 1 aromatic heterocycles. The van der Waals surface area contributed by atoms with Gasteiger partial charge in [-0.15, -0.1) is 0 Å². The van der Waals surface area contributed by atoms with E-state index < -0.39 is 10.0 Å². The SMILES string of the molecule is COc1ccccc1CCC(=O)N1CCN(c2ccc(S(=O)(=O)N3CCOCC3)cn2)CC1. The number of methoxy groups -OCH3 is 1. The van der Waals surface area contributed by atoms with Crippen LogP contribution in [0.4, 0.5) is 5.82 Å². The van der Waals surface area contributed by atoms with Crippen LogP contribution in [0.1, 0.15) is 12.0 Å². The van der Waals surface area contributed by atoms with Gasteiger partial charge in [-0.05, 0) is 30.2 Å². The molecule has 0 saturated carbocycles. The summed E-state index contributed by atoms with van der Waals surface area (Å²) >= 11 is 0. The van der Waals surface area contributed by atoms with Crippen LogP contribution in [0.2, 0.25) is 0 Å². The van der Waals surface area contributed by atoms with E-state index in [1.165, 1.54) is 10.5 Å². The number of carbonyl (C=O) groups is 1. The number of morpholine rings is 1. The Morgan fingerprint density at radius 2 is 1.76 bits per heavy atom. The Morgan fingerprint density at radius 1 is 1.03 bits per heavy atom. The zero-order valence-electron chi connectivity index (χ0n) is 18.9. The first kappa shape index (κ1) is 23.5. The van der Waals surface area contributed by atoms with Gasteiger partial charge in [-0.25, -0.2) is 13.4 Å². The van der Waals surface area contributed by atoms with E-state index in [0.717, 1.165) is 17.1 Å². The van der Waals surface area contributed by atoms with Crippen LogP contribution in [-0.4, -0.2) is 88.1 Å². The van der Waals surface area contributed by atoms with Crippen molar-refractivity contribution in [2.45, 2.75) is 17.7 Å². The minimum atomic E-state index is -3.55. The first-order valence-electron chi connectivity index (χ1n) is 11.2. The molecule has 0 aliphatic carbocycles. The van der Waals surface area contributed by atoms with Crippen molar-refractivity contribution in [1.29, 1.82) is 0 Å². The number of piperazine rings is 1. The van der Waals surface area contributed by atoms with Gasteiger partial charge in [-0.3, -0.25) is 4.79 Å². The Labute approximate surface area is 195 Å². The van der Waals surface area contributed by atoms with Crippen molar-refractivity contribution in [3.8, 4) is 5.75 Å². The number of nitrogens with zero attached hydrogens (tertiary/aromatic N) is 4. The lowest BCUT2D eigenvalue weighted by Gasteiger charge is -2.35. The van der Waals surface area contributed by atoms with Crippen LogP contribution in [0.25, 0.3) is 0 Å². The summed E-state index contributed by atoms with van der Waals surface area (Å²) in [7, 11) is -1.92. The molecular weight excluding hydrogens is 444 g/mol. The molecule has 0 radical (unpaired) electrons. The van der Waals surface area contributed by atoms with Crippen LogP contribution >= 0.6 is 0 Å². The number of aromatic nitrogens is 1. The van der Waals surface area contributed by atoms with Crippen molar-refractivity contribution in [2.24, 2.45) is 0 Å². The predicted octanol–water partition coefficient (Wildman–Crippen LogP) is 1.39. The highest BCUT2D eigenvalue weighted by molar-refractivity contribution is 7.89. The molecular formula is C23H30N4O5S. The number of rotatable bonds is 7. The van der Waals surface area contributed by atoms with Gasteiger partial charge in [0.1, 0.15) is 16.5 Å². The van der Waals surface area contributed by atoms with E-state index >= 15 is 0 Å². The van der Waals surface area contributed by atoms with Gasteiger partial charge in [0, 0.05) is 51.9 Å². The first-order chi connectivity index (χ1) is 16.0. The summed E-state index contributed by atoms with van der Waals surface area (Å²) in [6, 6.07) is 11.1. The standard InChI is InChI=1S/C23H30N4O5S/c1-31-21-5-3-2-4-19(21)6-9-23(28)26-12-10-25(11-13-26)22-8-7-20(18-24-22)33(29,30)27-14-16-32-17-15-27/h2-5,7-8,18H,6,9-17H2,1H3. The summed E-state index contributed by atoms with van der Waals surface area (Å²) in [5.74, 6) is 1.65. The average molecular weight is 475 g/mol. The summed E-state index contributed by atoms with van der Waals surface area (Å²) in [6.45, 7) is 4.07. The lowest BCUT2D eigenvalue weighted by molar-refractivity contribution is -0.131. The molecule has 0 bridgehead atoms. The van der Waals surface area contributed by atoms with Gasteiger partial charge in [0.2, 0.25) is 15.9 Å². The Balaban J connectivity index is 1.30. The number of hydrogen-bond donors (Lipinski definition) is 0. The van der Waals surface area contributed by atoms with Crippen LogP contribution in [-0.2, 0) is 26.0 Å². The number of pyridine rings is 1. The lowest BCUT2D eigenvalue weighted by atomic mass is 10.1. The molecule has 2 aliphatic rings. The maximum Gasteiger partial charge on any atom is 0.244 e. The quantitative estimate of drug-likeness (QED) is 0.599. The van der Waals surface area contributed by atoms with E-state index in [4.69, 9.17) is 9.47 Å². The van der Waals surface area contributed by atoms with Crippen LogP contribution in [0.5, 0.6) is 5.75 Å². The maximum atomic E-state index is 12.8. The van der Waals surface area contributed by atoms with Crippen molar-refractivity contribution in [3.05, 3.63) is 48.2 Å². The molecule has 2 saturated heterocycles. The highest BCUT2D eigenvalue weighted by Crippen LogP contribution is 2.22. The van der Waals surface area contributed by atoms with E-state index in [9.17, 15) is 13.2 Å². The largest absolute Gasteiger partial charge is 0.496 e. The molecule has 10 heteroatoms. The van der Waals surface area contributed by atoms with Gasteiger partial charge in [0.25, 0.3) is 0 Å². The van der Waals surface area contributed by atoms with E-state index in [1.54, 1.807) is 19.2 Å². The normalized spacial score (nSPS) is 17.7. The van der Waals surface area contributed by atoms with E-state index in [0.29, 0.717) is 65.3 Å². The molecule has 4 rings (SSSR count). The summed E-state index contributed by atoms with van der Waals surface area (Å²) in [5, 5.41) is 0. The Bertz CT molecular complexity index is 1050. The van der Waals surface area contributed by atoms with Gasteiger partial charge in [-0.1, -0.05) is 18.2 Å². The van der Waals surface area contributed by atoms with Crippen molar-refractivity contribution in [1.82, 2.24) is 14.2 Å². The molecule has 3 heterocycles. The number of hydrogen-bond acceptors (Lipinski definition) is 7. The molecule has 0 atom stereocenters. The number of carbonyl (C=O) groups excluding carboxylic acids is 1. The molecule has 1 amide bonds. The van der Waals surface area contributed by atoms with Gasteiger partial charge < -0.3 is 19.3 Å². The topological polar surface area (TPSA) is 92.3 Å². The predicted molar refractivity (Wildman–Crippen MR) is 124 cm³/mol. The number of sulfonamides is 1. The molecule has 178 valence electrons. The molecule has 2 fully saturated rings. The van der Waals surface area contributed by atoms with Crippen molar-refractivity contribution >= 4 is 21.7 Å². The Hall–Kier alpha value is -2.69. The van der Waals surface area contributed by atoms with Crippen molar-refractivity contribution in [2.75, 3.05) is 64.5 Å². The molecule has 0 unspecified atom stereocenters. The zero-order chi connectivity index (χ0) is 23.3. The minimum Gasteiger partial charge on any atom is -0.496 e. The van der Waals surface area contributed by atoms with Crippen molar-refractivity contribution in [3.63, 3.8) is 0 Å². The molecule has 33 heavy (non-hydrogen) atoms. The fraction of sp³-hybridized carbons (Fsp3) is 0.478. The second kappa shape index (κ2) is 10.5. The number of para-hydroxylation sites is 1. The van der Waals surface area contributed by atoms with E-state index in [-0.39, 0.29) is 10.8 Å². The fourth-order valence-corrected chi connectivity index (χ4v) is 5.50. The van der Waals surface area contributed by atoms with Crippen LogP contribution in [0.3, 0.4) is 0 Å². The summed E-state index contributed by atoms with van der Waals surface area (Å²) in [5.41, 5.74) is 1.03. The molecule has 2 aromatic rings. The van der Waals surface area contributed by atoms with Gasteiger partial charge >= 0.3 is 0 Å². The molecule has 0 N–H and O–H groups in total. The number of benzene rings is 1. The smallest absolute Gasteiger partial charge is 0.244 e. The zero-order valence-corrected chi connectivity index (χ0v) is 19.7. The number of ether oxygens (including phenoxy) is 2. The minimum absolute atomic E-state index is 0.125. The van der Waals surface area contributed by atoms with Crippen molar-refractivity contribution < 1.29 is 22.7 Å². The molecule has 9 nitrogen and oxygen atoms in total. The Kier molecular flexibility index (Phi) is 7.46. The van der Waals surface area contributed by atoms with E-state index in [1.807, 2.05) is 29.2 Å². The molecule has 1 aromatic carbocycles. The first-order valence-corrected chi connectivity index (χ1v) is 12.6. The van der Waals surface area contributed by atoms with Crippen LogP contribution < -0.4 is 9.64 Å². The highest BCUT2D eigenvalue weighted by atomic mass is 32.2. The van der Waals surface area contributed by atoms with E-state index in [2.05, 4.69) is 9.88 Å². The summed E-state index contributed by atoms with van der Waals surface area (Å²) in [6.07, 6.45) is 2.50. The fourth-order valence-electron chi connectivity index (χ4n) is 4.14. The van der Waals surface area contributed by atoms with Crippen LogP contribution in [0.15, 0.2) is 47.5 Å². The second-order valence-electron chi connectivity index (χ2n) is 8.05. The summed E-state index contributed by atoms with van der Waals surface area (Å²) < 4.78 is 37.6. The molecule has 0 spiro atoms. The third kappa shape index (κ3) is 5.45. The monoisotopic (exact) mass is 474 g/mol. The van der Waals surface area contributed by atoms with Gasteiger partial charge in [0.05, 0.1) is 20.3 Å². The van der Waals surface area contributed by atoms with Gasteiger partial charge in [-0.2, -0.15) is 4.31 Å². The van der Waals surface area contributed by atoms with Crippen LogP contribution in [0, 0.1) is 0 Å². The summed E-state index contributed by atoms with van der Waals surface area (Å²) in [4.78, 5) is 21.2. The highest BCUT2D eigenvalue weighted by Gasteiger charge is 2.27. The third-order valence-corrected chi connectivity index (χ3v) is 7.97.